The fourth-order valence-corrected chi connectivity index (χ4v) is 4.14. The van der Waals surface area contributed by atoms with Crippen molar-refractivity contribution in [2.45, 2.75) is 24.8 Å². The van der Waals surface area contributed by atoms with Crippen molar-refractivity contribution in [3.63, 3.8) is 0 Å². The molecule has 2 atom stereocenters. The lowest BCUT2D eigenvalue weighted by Crippen LogP contribution is -2.49. The fourth-order valence-electron chi connectivity index (χ4n) is 3.76. The first-order valence-electron chi connectivity index (χ1n) is 8.33. The standard InChI is InChI=1S/C20H21Cl2N3O/c1-12(2)20(16-7-6-15(22)9-18(16)23)17(10-19(26)24-11-25-20)13-4-3-5-14(21)8-13/h3-9,17,25H,1,10-11,23H2,2H3,(H,24,26). The molecule has 0 spiro atoms. The summed E-state index contributed by atoms with van der Waals surface area (Å²) in [7, 11) is 0. The van der Waals surface area contributed by atoms with Crippen LogP contribution in [0.15, 0.2) is 54.6 Å². The van der Waals surface area contributed by atoms with Gasteiger partial charge in [-0.3, -0.25) is 10.1 Å². The van der Waals surface area contributed by atoms with Crippen molar-refractivity contribution >= 4 is 34.8 Å². The molecule has 2 unspecified atom stereocenters. The number of carbonyl (C=O) groups excluding carboxylic acids is 1. The van der Waals surface area contributed by atoms with Crippen LogP contribution in [-0.2, 0) is 10.3 Å². The first-order valence-corrected chi connectivity index (χ1v) is 9.09. The van der Waals surface area contributed by atoms with E-state index in [2.05, 4.69) is 17.2 Å². The van der Waals surface area contributed by atoms with Crippen LogP contribution in [0.4, 0.5) is 5.69 Å². The van der Waals surface area contributed by atoms with Crippen molar-refractivity contribution in [2.24, 2.45) is 0 Å². The number of benzene rings is 2. The molecule has 0 saturated carbocycles. The van der Waals surface area contributed by atoms with Crippen LogP contribution in [0.5, 0.6) is 0 Å². The summed E-state index contributed by atoms with van der Waals surface area (Å²) in [6, 6.07) is 13.0. The molecular formula is C20H21Cl2N3O. The van der Waals surface area contributed by atoms with Gasteiger partial charge in [-0.15, -0.1) is 0 Å². The molecule has 4 nitrogen and oxygen atoms in total. The minimum atomic E-state index is -0.738. The monoisotopic (exact) mass is 389 g/mol. The van der Waals surface area contributed by atoms with Gasteiger partial charge in [0.05, 0.1) is 12.2 Å². The average molecular weight is 390 g/mol. The second-order valence-electron chi connectivity index (χ2n) is 6.59. The Kier molecular flexibility index (Phi) is 5.28. The molecule has 1 aliphatic heterocycles. The molecule has 1 aliphatic rings. The van der Waals surface area contributed by atoms with Crippen LogP contribution >= 0.6 is 23.2 Å². The van der Waals surface area contributed by atoms with Crippen molar-refractivity contribution in [1.29, 1.82) is 0 Å². The van der Waals surface area contributed by atoms with Crippen molar-refractivity contribution in [3.05, 3.63) is 75.8 Å². The van der Waals surface area contributed by atoms with Gasteiger partial charge in [0.2, 0.25) is 5.91 Å². The summed E-state index contributed by atoms with van der Waals surface area (Å²) in [5, 5.41) is 7.53. The minimum Gasteiger partial charge on any atom is -0.398 e. The third-order valence-electron chi connectivity index (χ3n) is 4.93. The maximum atomic E-state index is 12.4. The van der Waals surface area contributed by atoms with Gasteiger partial charge in [-0.2, -0.15) is 0 Å². The Morgan fingerprint density at radius 1 is 1.23 bits per heavy atom. The minimum absolute atomic E-state index is 0.0434. The van der Waals surface area contributed by atoms with E-state index in [0.717, 1.165) is 16.7 Å². The summed E-state index contributed by atoms with van der Waals surface area (Å²) >= 11 is 12.3. The second-order valence-corrected chi connectivity index (χ2v) is 7.46. The molecule has 2 aromatic rings. The number of nitrogens with one attached hydrogen (secondary N) is 2. The summed E-state index contributed by atoms with van der Waals surface area (Å²) in [5.41, 5.74) is 8.79. The van der Waals surface area contributed by atoms with Crippen LogP contribution in [0, 0.1) is 0 Å². The van der Waals surface area contributed by atoms with E-state index in [-0.39, 0.29) is 18.2 Å². The molecule has 0 aliphatic carbocycles. The molecule has 6 heteroatoms. The van der Waals surface area contributed by atoms with Gasteiger partial charge < -0.3 is 11.1 Å². The summed E-state index contributed by atoms with van der Waals surface area (Å²) in [5.74, 6) is -0.275. The number of halogens is 2. The lowest BCUT2D eigenvalue weighted by molar-refractivity contribution is -0.121. The highest BCUT2D eigenvalue weighted by atomic mass is 35.5. The summed E-state index contributed by atoms with van der Waals surface area (Å²) in [6.45, 7) is 6.48. The predicted molar refractivity (Wildman–Crippen MR) is 107 cm³/mol. The first-order chi connectivity index (χ1) is 12.3. The van der Waals surface area contributed by atoms with Crippen LogP contribution in [0.3, 0.4) is 0 Å². The number of hydrogen-bond acceptors (Lipinski definition) is 3. The Morgan fingerprint density at radius 3 is 2.62 bits per heavy atom. The molecule has 0 bridgehead atoms. The number of hydrogen-bond donors (Lipinski definition) is 3. The SMILES string of the molecule is C=C(C)C1(c2ccc(Cl)cc2N)NCNC(=O)CC1c1cccc(Cl)c1. The number of rotatable bonds is 3. The molecule has 1 heterocycles. The Bertz CT molecular complexity index is 868. The van der Waals surface area contributed by atoms with Crippen molar-refractivity contribution < 1.29 is 4.79 Å². The van der Waals surface area contributed by atoms with Gasteiger partial charge in [0.15, 0.2) is 0 Å². The molecular weight excluding hydrogens is 369 g/mol. The van der Waals surface area contributed by atoms with E-state index in [1.807, 2.05) is 37.3 Å². The molecule has 2 aromatic carbocycles. The molecule has 0 radical (unpaired) electrons. The Morgan fingerprint density at radius 2 is 1.96 bits per heavy atom. The van der Waals surface area contributed by atoms with Gasteiger partial charge in [0.25, 0.3) is 0 Å². The van der Waals surface area contributed by atoms with Crippen molar-refractivity contribution in [2.75, 3.05) is 12.4 Å². The van der Waals surface area contributed by atoms with E-state index in [4.69, 9.17) is 28.9 Å². The summed E-state index contributed by atoms with van der Waals surface area (Å²) < 4.78 is 0. The number of carbonyl (C=O) groups is 1. The molecule has 1 fully saturated rings. The van der Waals surface area contributed by atoms with Gasteiger partial charge in [0.1, 0.15) is 0 Å². The van der Waals surface area contributed by atoms with Crippen LogP contribution < -0.4 is 16.4 Å². The topological polar surface area (TPSA) is 67.2 Å². The van der Waals surface area contributed by atoms with E-state index in [0.29, 0.717) is 22.4 Å². The number of nitrogens with two attached hydrogens (primary N) is 1. The normalized spacial score (nSPS) is 23.2. The van der Waals surface area contributed by atoms with Crippen LogP contribution in [-0.4, -0.2) is 12.6 Å². The number of anilines is 1. The quantitative estimate of drug-likeness (QED) is 0.544. The van der Waals surface area contributed by atoms with Gasteiger partial charge in [-0.05, 0) is 36.8 Å². The number of amides is 1. The van der Waals surface area contributed by atoms with E-state index < -0.39 is 5.54 Å². The summed E-state index contributed by atoms with van der Waals surface area (Å²) in [4.78, 5) is 12.4. The van der Waals surface area contributed by atoms with E-state index in [9.17, 15) is 4.79 Å². The highest BCUT2D eigenvalue weighted by molar-refractivity contribution is 6.31. The molecule has 26 heavy (non-hydrogen) atoms. The lowest BCUT2D eigenvalue weighted by Gasteiger charge is -2.42. The third kappa shape index (κ3) is 3.32. The zero-order valence-electron chi connectivity index (χ0n) is 14.5. The van der Waals surface area contributed by atoms with Gasteiger partial charge in [-0.25, -0.2) is 0 Å². The molecule has 1 amide bonds. The zero-order chi connectivity index (χ0) is 18.9. The fraction of sp³-hybridized carbons (Fsp3) is 0.250. The summed E-state index contributed by atoms with van der Waals surface area (Å²) in [6.07, 6.45) is 0.280. The van der Waals surface area contributed by atoms with Crippen molar-refractivity contribution in [1.82, 2.24) is 10.6 Å². The number of nitrogen functional groups attached to an aromatic ring is 1. The first kappa shape index (κ1) is 18.8. The maximum Gasteiger partial charge on any atom is 0.221 e. The molecule has 4 N–H and O–H groups in total. The van der Waals surface area contributed by atoms with Gasteiger partial charge in [-0.1, -0.05) is 53.6 Å². The molecule has 1 saturated heterocycles. The largest absolute Gasteiger partial charge is 0.398 e. The molecule has 3 rings (SSSR count). The third-order valence-corrected chi connectivity index (χ3v) is 5.40. The van der Waals surface area contributed by atoms with E-state index in [1.165, 1.54) is 0 Å². The van der Waals surface area contributed by atoms with Crippen molar-refractivity contribution in [3.8, 4) is 0 Å². The van der Waals surface area contributed by atoms with Crippen LogP contribution in [0.1, 0.15) is 30.4 Å². The van der Waals surface area contributed by atoms with Gasteiger partial charge >= 0.3 is 0 Å². The highest BCUT2D eigenvalue weighted by Gasteiger charge is 2.45. The highest BCUT2D eigenvalue weighted by Crippen LogP contribution is 2.47. The smallest absolute Gasteiger partial charge is 0.221 e. The van der Waals surface area contributed by atoms with Gasteiger partial charge in [0, 0.05) is 33.6 Å². The Labute approximate surface area is 163 Å². The van der Waals surface area contributed by atoms with E-state index in [1.54, 1.807) is 12.1 Å². The zero-order valence-corrected chi connectivity index (χ0v) is 16.0. The Hall–Kier alpha value is -2.01. The Balaban J connectivity index is 2.27. The van der Waals surface area contributed by atoms with E-state index >= 15 is 0 Å². The molecule has 0 aromatic heterocycles. The second kappa shape index (κ2) is 7.31. The van der Waals surface area contributed by atoms with Crippen LogP contribution in [0.25, 0.3) is 0 Å². The lowest BCUT2D eigenvalue weighted by atomic mass is 9.69. The maximum absolute atomic E-state index is 12.4. The average Bonchev–Trinajstić information content (AvgIpc) is 2.74. The van der Waals surface area contributed by atoms with Crippen LogP contribution in [0.2, 0.25) is 10.0 Å². The molecule has 136 valence electrons. The predicted octanol–water partition coefficient (Wildman–Crippen LogP) is 4.20.